The summed E-state index contributed by atoms with van der Waals surface area (Å²) in [4.78, 5) is 29.1. The number of amides is 1. The van der Waals surface area contributed by atoms with Crippen LogP contribution in [0.4, 0.5) is 5.82 Å². The fourth-order valence-corrected chi connectivity index (χ4v) is 2.87. The molecule has 1 unspecified atom stereocenters. The van der Waals surface area contributed by atoms with Crippen LogP contribution < -0.4 is 20.3 Å². The van der Waals surface area contributed by atoms with Crippen molar-refractivity contribution in [3.05, 3.63) is 64.6 Å². The second-order valence-electron chi connectivity index (χ2n) is 6.40. The third-order valence-corrected chi connectivity index (χ3v) is 4.38. The first kappa shape index (κ1) is 17.7. The van der Waals surface area contributed by atoms with Crippen molar-refractivity contribution in [1.82, 2.24) is 14.8 Å². The molecule has 0 aliphatic carbocycles. The number of anilines is 1. The van der Waals surface area contributed by atoms with E-state index in [1.165, 1.54) is 6.07 Å². The molecule has 1 aromatic carbocycles. The Kier molecular flexibility index (Phi) is 4.52. The molecule has 3 aromatic rings. The van der Waals surface area contributed by atoms with Crippen LogP contribution in [0, 0.1) is 6.92 Å². The first-order chi connectivity index (χ1) is 13.5. The van der Waals surface area contributed by atoms with Gasteiger partial charge in [-0.2, -0.15) is 5.10 Å². The second-order valence-corrected chi connectivity index (χ2v) is 6.40. The van der Waals surface area contributed by atoms with Gasteiger partial charge >= 0.3 is 0 Å². The number of nitrogens with zero attached hydrogens (tertiary/aromatic N) is 3. The van der Waals surface area contributed by atoms with Crippen molar-refractivity contribution < 1.29 is 14.3 Å². The van der Waals surface area contributed by atoms with E-state index in [0.29, 0.717) is 23.0 Å². The number of hydrogen-bond donors (Lipinski definition) is 1. The normalized spacial score (nSPS) is 13.2. The van der Waals surface area contributed by atoms with Gasteiger partial charge < -0.3 is 14.8 Å². The first-order valence-corrected chi connectivity index (χ1v) is 8.76. The summed E-state index contributed by atoms with van der Waals surface area (Å²) in [7, 11) is 0. The molecule has 1 N–H and O–H groups in total. The molecule has 0 spiro atoms. The van der Waals surface area contributed by atoms with Crippen LogP contribution in [0.3, 0.4) is 0 Å². The summed E-state index contributed by atoms with van der Waals surface area (Å²) in [6, 6.07) is 12.9. The largest absolute Gasteiger partial charge is 0.454 e. The highest BCUT2D eigenvalue weighted by Gasteiger charge is 2.20. The first-order valence-electron chi connectivity index (χ1n) is 8.76. The molecule has 1 atom stereocenters. The van der Waals surface area contributed by atoms with E-state index in [2.05, 4.69) is 15.4 Å². The molecule has 142 valence electrons. The Morgan fingerprint density at radius 3 is 2.79 bits per heavy atom. The molecule has 2 aromatic heterocycles. The van der Waals surface area contributed by atoms with Crippen LogP contribution in [0.2, 0.25) is 0 Å². The molecular formula is C20H18N4O4. The summed E-state index contributed by atoms with van der Waals surface area (Å²) < 4.78 is 11.9. The van der Waals surface area contributed by atoms with E-state index < -0.39 is 6.04 Å². The van der Waals surface area contributed by atoms with Crippen LogP contribution in [-0.4, -0.2) is 27.5 Å². The summed E-state index contributed by atoms with van der Waals surface area (Å²) in [5.74, 6) is 1.33. The van der Waals surface area contributed by atoms with Crippen LogP contribution in [0.15, 0.2) is 53.3 Å². The molecule has 28 heavy (non-hydrogen) atoms. The van der Waals surface area contributed by atoms with Gasteiger partial charge in [0.2, 0.25) is 12.7 Å². The number of pyridine rings is 1. The molecule has 8 nitrogen and oxygen atoms in total. The topological polar surface area (TPSA) is 95.3 Å². The minimum atomic E-state index is -0.816. The van der Waals surface area contributed by atoms with E-state index in [1.54, 1.807) is 37.3 Å². The van der Waals surface area contributed by atoms with Crippen molar-refractivity contribution in [2.45, 2.75) is 19.9 Å². The van der Waals surface area contributed by atoms with Gasteiger partial charge in [-0.3, -0.25) is 9.59 Å². The number of carbonyl (C=O) groups is 1. The van der Waals surface area contributed by atoms with Gasteiger partial charge in [-0.1, -0.05) is 6.07 Å². The predicted molar refractivity (Wildman–Crippen MR) is 102 cm³/mol. The molecule has 0 bridgehead atoms. The molecule has 4 rings (SSSR count). The molecule has 0 saturated carbocycles. The lowest BCUT2D eigenvalue weighted by Crippen LogP contribution is -2.33. The number of ether oxygens (including phenoxy) is 2. The van der Waals surface area contributed by atoms with Crippen molar-refractivity contribution in [2.24, 2.45) is 0 Å². The maximum atomic E-state index is 12.6. The Labute approximate surface area is 160 Å². The number of fused-ring (bicyclic) bond motifs is 1. The van der Waals surface area contributed by atoms with Crippen molar-refractivity contribution in [1.29, 1.82) is 0 Å². The number of benzene rings is 1. The monoisotopic (exact) mass is 378 g/mol. The fraction of sp³-hybridized carbons (Fsp3) is 0.200. The average molecular weight is 378 g/mol. The number of carbonyl (C=O) groups excluding carboxylic acids is 1. The van der Waals surface area contributed by atoms with E-state index >= 15 is 0 Å². The molecule has 0 radical (unpaired) electrons. The van der Waals surface area contributed by atoms with E-state index in [9.17, 15) is 9.59 Å². The van der Waals surface area contributed by atoms with Gasteiger partial charge in [-0.05, 0) is 50.2 Å². The molecule has 0 fully saturated rings. The Morgan fingerprint density at radius 1 is 1.14 bits per heavy atom. The zero-order valence-corrected chi connectivity index (χ0v) is 15.4. The fourth-order valence-electron chi connectivity index (χ4n) is 2.87. The highest BCUT2D eigenvalue weighted by Crippen LogP contribution is 2.35. The molecule has 1 amide bonds. The van der Waals surface area contributed by atoms with E-state index in [1.807, 2.05) is 19.1 Å². The van der Waals surface area contributed by atoms with Gasteiger partial charge in [0.15, 0.2) is 11.5 Å². The van der Waals surface area contributed by atoms with E-state index in [0.717, 1.165) is 15.9 Å². The third-order valence-electron chi connectivity index (χ3n) is 4.38. The Morgan fingerprint density at radius 2 is 1.96 bits per heavy atom. The van der Waals surface area contributed by atoms with Crippen molar-refractivity contribution in [3.8, 4) is 22.8 Å². The summed E-state index contributed by atoms with van der Waals surface area (Å²) in [5, 5.41) is 7.09. The van der Waals surface area contributed by atoms with E-state index in [-0.39, 0.29) is 18.3 Å². The van der Waals surface area contributed by atoms with Gasteiger partial charge in [0, 0.05) is 17.3 Å². The number of rotatable bonds is 4. The maximum Gasteiger partial charge on any atom is 0.267 e. The van der Waals surface area contributed by atoms with Crippen LogP contribution in [-0.2, 0) is 4.79 Å². The standard InChI is InChI=1S/C20H18N4O4/c1-12-4-3-5-18(21-12)22-20(26)13(2)24-19(25)9-7-15(23-24)14-6-8-16-17(10-14)28-11-27-16/h3-10,13H,11H2,1-2H3,(H,21,22,26). The van der Waals surface area contributed by atoms with Gasteiger partial charge in [-0.25, -0.2) is 9.67 Å². The maximum absolute atomic E-state index is 12.6. The minimum Gasteiger partial charge on any atom is -0.454 e. The summed E-state index contributed by atoms with van der Waals surface area (Å²) in [5.41, 5.74) is 1.71. The number of aromatic nitrogens is 3. The molecule has 0 saturated heterocycles. The SMILES string of the molecule is Cc1cccc(NC(=O)C(C)n2nc(-c3ccc4c(c3)OCO4)ccc2=O)n1. The summed E-state index contributed by atoms with van der Waals surface area (Å²) in [6.07, 6.45) is 0. The molecule has 8 heteroatoms. The van der Waals surface area contributed by atoms with Crippen LogP contribution in [0.25, 0.3) is 11.3 Å². The quantitative estimate of drug-likeness (QED) is 0.750. The predicted octanol–water partition coefficient (Wildman–Crippen LogP) is 2.54. The lowest BCUT2D eigenvalue weighted by atomic mass is 10.1. The third kappa shape index (κ3) is 3.44. The lowest BCUT2D eigenvalue weighted by molar-refractivity contribution is -0.119. The molecular weight excluding hydrogens is 360 g/mol. The van der Waals surface area contributed by atoms with E-state index in [4.69, 9.17) is 9.47 Å². The smallest absolute Gasteiger partial charge is 0.267 e. The Balaban J connectivity index is 1.61. The highest BCUT2D eigenvalue weighted by molar-refractivity contribution is 5.92. The lowest BCUT2D eigenvalue weighted by Gasteiger charge is -2.15. The van der Waals surface area contributed by atoms with Gasteiger partial charge in [0.1, 0.15) is 11.9 Å². The molecule has 1 aliphatic heterocycles. The number of nitrogens with one attached hydrogen (secondary N) is 1. The van der Waals surface area contributed by atoms with Crippen molar-refractivity contribution in [3.63, 3.8) is 0 Å². The Bertz CT molecular complexity index is 1110. The number of aryl methyl sites for hydroxylation is 1. The number of hydrogen-bond acceptors (Lipinski definition) is 6. The van der Waals surface area contributed by atoms with Gasteiger partial charge in [0.25, 0.3) is 5.56 Å². The van der Waals surface area contributed by atoms with Gasteiger partial charge in [0.05, 0.1) is 5.69 Å². The molecule has 3 heterocycles. The molecule has 1 aliphatic rings. The van der Waals surface area contributed by atoms with Crippen molar-refractivity contribution in [2.75, 3.05) is 12.1 Å². The highest BCUT2D eigenvalue weighted by atomic mass is 16.7. The second kappa shape index (κ2) is 7.15. The van der Waals surface area contributed by atoms with Crippen LogP contribution in [0.1, 0.15) is 18.7 Å². The zero-order chi connectivity index (χ0) is 19.7. The van der Waals surface area contributed by atoms with Crippen molar-refractivity contribution >= 4 is 11.7 Å². The van der Waals surface area contributed by atoms with Crippen LogP contribution >= 0.6 is 0 Å². The van der Waals surface area contributed by atoms with Gasteiger partial charge in [-0.15, -0.1) is 0 Å². The average Bonchev–Trinajstić information content (AvgIpc) is 3.15. The zero-order valence-electron chi connectivity index (χ0n) is 15.4. The minimum absolute atomic E-state index is 0.177. The summed E-state index contributed by atoms with van der Waals surface area (Å²) >= 11 is 0. The Hall–Kier alpha value is -3.68. The summed E-state index contributed by atoms with van der Waals surface area (Å²) in [6.45, 7) is 3.62. The van der Waals surface area contributed by atoms with Crippen LogP contribution in [0.5, 0.6) is 11.5 Å².